The summed E-state index contributed by atoms with van der Waals surface area (Å²) in [7, 11) is 1.62. The molecule has 2 aliphatic rings. The lowest BCUT2D eigenvalue weighted by molar-refractivity contribution is -0.134. The van der Waals surface area contributed by atoms with Gasteiger partial charge in [-0.05, 0) is 56.2 Å². The number of ether oxygens (including phenoxy) is 1. The first kappa shape index (κ1) is 25.6. The van der Waals surface area contributed by atoms with Gasteiger partial charge in [-0.2, -0.15) is 0 Å². The molecule has 3 rings (SSSR count). The first-order valence-electron chi connectivity index (χ1n) is 10.9. The van der Waals surface area contributed by atoms with Crippen molar-refractivity contribution in [2.45, 2.75) is 46.1 Å². The van der Waals surface area contributed by atoms with Crippen molar-refractivity contribution in [2.24, 2.45) is 11.3 Å². The van der Waals surface area contributed by atoms with Crippen LogP contribution in [0.3, 0.4) is 0 Å². The number of hydrogen-bond donors (Lipinski definition) is 2. The summed E-state index contributed by atoms with van der Waals surface area (Å²) in [6.45, 7) is 11.1. The summed E-state index contributed by atoms with van der Waals surface area (Å²) in [5, 5.41) is 6.07. The highest BCUT2D eigenvalue weighted by Crippen LogP contribution is 2.51. The van der Waals surface area contributed by atoms with Gasteiger partial charge in [-0.15, -0.1) is 0 Å². The monoisotopic (exact) mass is 455 g/mol. The van der Waals surface area contributed by atoms with E-state index in [2.05, 4.69) is 15.5 Å². The third-order valence-corrected chi connectivity index (χ3v) is 5.81. The van der Waals surface area contributed by atoms with E-state index in [1.54, 1.807) is 7.11 Å². The molecule has 174 valence electrons. The Bertz CT molecular complexity index is 753. The van der Waals surface area contributed by atoms with Crippen LogP contribution in [0.2, 0.25) is 5.02 Å². The minimum Gasteiger partial charge on any atom is -0.382 e. The molecule has 0 bridgehead atoms. The highest BCUT2D eigenvalue weighted by molar-refractivity contribution is 6.31. The standard InChI is InChI=1S/C21H29ClFN3O3.C2H6/c1-20(2,13-29-3)25-18(27)10-26-11-21(12-26)7-14(8-21)9-24-19(28)15-4-16(22)6-17(23)5-15;1-2/h4-6,14H,7-13H2,1-3H3,(H,24,28)(H,25,27);1-2H3. The molecule has 1 aliphatic heterocycles. The molecule has 1 aromatic carbocycles. The molecule has 8 heteroatoms. The SMILES string of the molecule is CC.COCC(C)(C)NC(=O)CN1CC2(CC(CNC(=O)c3cc(F)cc(Cl)c3)C2)C1. The number of halogens is 2. The molecule has 1 saturated carbocycles. The highest BCUT2D eigenvalue weighted by Gasteiger charge is 2.52. The number of carbonyl (C=O) groups is 2. The summed E-state index contributed by atoms with van der Waals surface area (Å²) < 4.78 is 18.5. The van der Waals surface area contributed by atoms with Gasteiger partial charge in [0.15, 0.2) is 0 Å². The molecule has 1 aliphatic carbocycles. The third-order valence-electron chi connectivity index (χ3n) is 5.59. The van der Waals surface area contributed by atoms with Crippen molar-refractivity contribution in [1.82, 2.24) is 15.5 Å². The highest BCUT2D eigenvalue weighted by atomic mass is 35.5. The molecule has 0 radical (unpaired) electrons. The van der Waals surface area contributed by atoms with Gasteiger partial charge >= 0.3 is 0 Å². The largest absolute Gasteiger partial charge is 0.382 e. The molecule has 2 N–H and O–H groups in total. The van der Waals surface area contributed by atoms with Crippen molar-refractivity contribution in [3.63, 3.8) is 0 Å². The molecule has 2 fully saturated rings. The van der Waals surface area contributed by atoms with E-state index in [4.69, 9.17) is 16.3 Å². The van der Waals surface area contributed by atoms with Crippen LogP contribution in [0.4, 0.5) is 4.39 Å². The first-order valence-corrected chi connectivity index (χ1v) is 11.2. The number of likely N-dealkylation sites (tertiary alicyclic amines) is 1. The van der Waals surface area contributed by atoms with E-state index >= 15 is 0 Å². The zero-order chi connectivity index (χ0) is 23.2. The van der Waals surface area contributed by atoms with Gasteiger partial charge in [-0.25, -0.2) is 4.39 Å². The van der Waals surface area contributed by atoms with Crippen LogP contribution in [0.1, 0.15) is 50.9 Å². The number of nitrogens with zero attached hydrogens (tertiary/aromatic N) is 1. The number of benzene rings is 1. The Balaban J connectivity index is 0.00000166. The zero-order valence-corrected chi connectivity index (χ0v) is 19.9. The molecule has 1 heterocycles. The minimum absolute atomic E-state index is 0.0128. The second-order valence-corrected chi connectivity index (χ2v) is 9.59. The van der Waals surface area contributed by atoms with Gasteiger partial charge < -0.3 is 15.4 Å². The van der Waals surface area contributed by atoms with Gasteiger partial charge in [0.2, 0.25) is 5.91 Å². The second kappa shape index (κ2) is 10.7. The van der Waals surface area contributed by atoms with Crippen molar-refractivity contribution in [3.8, 4) is 0 Å². The molecular formula is C23H35ClFN3O3. The van der Waals surface area contributed by atoms with Crippen LogP contribution in [0.5, 0.6) is 0 Å². The maximum absolute atomic E-state index is 13.4. The number of rotatable bonds is 8. The summed E-state index contributed by atoms with van der Waals surface area (Å²) in [6.07, 6.45) is 2.06. The van der Waals surface area contributed by atoms with Gasteiger partial charge in [-0.3, -0.25) is 14.5 Å². The van der Waals surface area contributed by atoms with Crippen molar-refractivity contribution in [1.29, 1.82) is 0 Å². The normalized spacial score (nSPS) is 17.8. The van der Waals surface area contributed by atoms with E-state index in [-0.39, 0.29) is 33.4 Å². The fourth-order valence-electron chi connectivity index (χ4n) is 4.62. The predicted octanol–water partition coefficient (Wildman–Crippen LogP) is 3.49. The van der Waals surface area contributed by atoms with E-state index in [0.29, 0.717) is 25.6 Å². The van der Waals surface area contributed by atoms with E-state index in [0.717, 1.165) is 25.9 Å². The Morgan fingerprint density at radius 3 is 2.48 bits per heavy atom. The molecule has 6 nitrogen and oxygen atoms in total. The molecular weight excluding hydrogens is 421 g/mol. The molecule has 0 aromatic heterocycles. The van der Waals surface area contributed by atoms with E-state index in [1.165, 1.54) is 18.2 Å². The Hall–Kier alpha value is -1.70. The van der Waals surface area contributed by atoms with Crippen LogP contribution in [0.15, 0.2) is 18.2 Å². The lowest BCUT2D eigenvalue weighted by Crippen LogP contribution is -2.65. The summed E-state index contributed by atoms with van der Waals surface area (Å²) >= 11 is 5.80. The number of carbonyl (C=O) groups excluding carboxylic acids is 2. The Morgan fingerprint density at radius 1 is 1.26 bits per heavy atom. The predicted molar refractivity (Wildman–Crippen MR) is 121 cm³/mol. The van der Waals surface area contributed by atoms with Crippen molar-refractivity contribution < 1.29 is 18.7 Å². The Morgan fingerprint density at radius 2 is 1.90 bits per heavy atom. The van der Waals surface area contributed by atoms with Crippen molar-refractivity contribution in [2.75, 3.05) is 39.9 Å². The van der Waals surface area contributed by atoms with Gasteiger partial charge in [-0.1, -0.05) is 25.4 Å². The van der Waals surface area contributed by atoms with Crippen LogP contribution < -0.4 is 10.6 Å². The quantitative estimate of drug-likeness (QED) is 0.629. The molecule has 2 amide bonds. The average Bonchev–Trinajstić information content (AvgIpc) is 2.61. The van der Waals surface area contributed by atoms with Gasteiger partial charge in [0.25, 0.3) is 5.91 Å². The summed E-state index contributed by atoms with van der Waals surface area (Å²) in [6, 6.07) is 3.83. The van der Waals surface area contributed by atoms with Crippen LogP contribution >= 0.6 is 11.6 Å². The third kappa shape index (κ3) is 7.16. The molecule has 31 heavy (non-hydrogen) atoms. The van der Waals surface area contributed by atoms with Crippen LogP contribution in [0.25, 0.3) is 0 Å². The van der Waals surface area contributed by atoms with Gasteiger partial charge in [0.1, 0.15) is 5.82 Å². The number of nitrogens with one attached hydrogen (secondary N) is 2. The number of amides is 2. The van der Waals surface area contributed by atoms with Crippen LogP contribution in [-0.4, -0.2) is 62.1 Å². The van der Waals surface area contributed by atoms with Crippen LogP contribution in [-0.2, 0) is 9.53 Å². The average molecular weight is 456 g/mol. The lowest BCUT2D eigenvalue weighted by atomic mass is 9.57. The number of hydrogen-bond acceptors (Lipinski definition) is 4. The molecule has 1 saturated heterocycles. The fourth-order valence-corrected chi connectivity index (χ4v) is 4.84. The topological polar surface area (TPSA) is 70.7 Å². The molecule has 1 spiro atoms. The van der Waals surface area contributed by atoms with Crippen molar-refractivity contribution >= 4 is 23.4 Å². The second-order valence-electron chi connectivity index (χ2n) is 9.15. The first-order chi connectivity index (χ1) is 14.6. The minimum atomic E-state index is -0.519. The molecule has 1 aromatic rings. The maximum Gasteiger partial charge on any atom is 0.251 e. The molecule has 0 atom stereocenters. The Kier molecular flexibility index (Phi) is 8.86. The van der Waals surface area contributed by atoms with E-state index in [9.17, 15) is 14.0 Å². The smallest absolute Gasteiger partial charge is 0.251 e. The Labute approximate surface area is 189 Å². The zero-order valence-electron chi connectivity index (χ0n) is 19.2. The maximum atomic E-state index is 13.4. The van der Waals surface area contributed by atoms with Crippen molar-refractivity contribution in [3.05, 3.63) is 34.6 Å². The number of methoxy groups -OCH3 is 1. The summed E-state index contributed by atoms with van der Waals surface area (Å²) in [4.78, 5) is 26.5. The van der Waals surface area contributed by atoms with E-state index in [1.807, 2.05) is 27.7 Å². The summed E-state index contributed by atoms with van der Waals surface area (Å²) in [5.41, 5.74) is 0.140. The van der Waals surface area contributed by atoms with E-state index < -0.39 is 5.82 Å². The lowest BCUT2D eigenvalue weighted by Gasteiger charge is -2.59. The van der Waals surface area contributed by atoms with Gasteiger partial charge in [0, 0.05) is 37.3 Å². The van der Waals surface area contributed by atoms with Gasteiger partial charge in [0.05, 0.1) is 18.7 Å². The molecule has 0 unspecified atom stereocenters. The summed E-state index contributed by atoms with van der Waals surface area (Å²) in [5.74, 6) is -0.397. The van der Waals surface area contributed by atoms with Crippen LogP contribution in [0, 0.1) is 17.2 Å². The fraction of sp³-hybridized carbons (Fsp3) is 0.652.